The summed E-state index contributed by atoms with van der Waals surface area (Å²) >= 11 is 0. The quantitative estimate of drug-likeness (QED) is 0.658. The van der Waals surface area contributed by atoms with Gasteiger partial charge >= 0.3 is 0 Å². The molecule has 0 spiro atoms. The number of amides is 2. The first-order chi connectivity index (χ1) is 13.1. The van der Waals surface area contributed by atoms with Crippen LogP contribution in [-0.2, 0) is 0 Å². The highest BCUT2D eigenvalue weighted by Gasteiger charge is 2.07. The Morgan fingerprint density at radius 2 is 1.07 bits per heavy atom. The van der Waals surface area contributed by atoms with Gasteiger partial charge < -0.3 is 10.6 Å². The van der Waals surface area contributed by atoms with Crippen molar-refractivity contribution in [2.45, 2.75) is 0 Å². The Morgan fingerprint density at radius 1 is 0.630 bits per heavy atom. The van der Waals surface area contributed by atoms with Crippen molar-refractivity contribution < 1.29 is 14.0 Å². The van der Waals surface area contributed by atoms with Gasteiger partial charge in [0.25, 0.3) is 11.8 Å². The highest BCUT2D eigenvalue weighted by atomic mass is 19.1. The van der Waals surface area contributed by atoms with Crippen molar-refractivity contribution in [2.24, 2.45) is 0 Å². The third kappa shape index (κ3) is 5.01. The molecule has 0 heterocycles. The molecular weight excluding hydrogens is 343 g/mol. The average Bonchev–Trinajstić information content (AvgIpc) is 2.72. The molecule has 4 nitrogen and oxygen atoms in total. The van der Waals surface area contributed by atoms with Gasteiger partial charge in [-0.25, -0.2) is 4.39 Å². The van der Waals surface area contributed by atoms with Gasteiger partial charge in [0, 0.05) is 24.2 Å². The summed E-state index contributed by atoms with van der Waals surface area (Å²) in [7, 11) is 0. The highest BCUT2D eigenvalue weighted by Crippen LogP contribution is 2.19. The van der Waals surface area contributed by atoms with Gasteiger partial charge in [0.2, 0.25) is 0 Å². The predicted molar refractivity (Wildman–Crippen MR) is 103 cm³/mol. The topological polar surface area (TPSA) is 58.2 Å². The van der Waals surface area contributed by atoms with E-state index in [-0.39, 0.29) is 18.4 Å². The molecule has 3 aromatic carbocycles. The monoisotopic (exact) mass is 362 g/mol. The number of rotatable bonds is 6. The van der Waals surface area contributed by atoms with Crippen molar-refractivity contribution in [3.8, 4) is 11.1 Å². The lowest BCUT2D eigenvalue weighted by Crippen LogP contribution is -2.34. The van der Waals surface area contributed by atoms with Gasteiger partial charge in [-0.1, -0.05) is 42.5 Å². The third-order valence-corrected chi connectivity index (χ3v) is 4.06. The van der Waals surface area contributed by atoms with Crippen molar-refractivity contribution >= 4 is 11.8 Å². The van der Waals surface area contributed by atoms with Crippen LogP contribution in [0.3, 0.4) is 0 Å². The molecule has 2 N–H and O–H groups in total. The van der Waals surface area contributed by atoms with Crippen LogP contribution in [-0.4, -0.2) is 24.9 Å². The smallest absolute Gasteiger partial charge is 0.251 e. The molecule has 27 heavy (non-hydrogen) atoms. The maximum absolute atomic E-state index is 12.8. The zero-order chi connectivity index (χ0) is 19.1. The van der Waals surface area contributed by atoms with Crippen molar-refractivity contribution in [3.05, 3.63) is 95.8 Å². The SMILES string of the molecule is O=C(NCCNC(=O)c1ccc(-c2ccccc2)cc1)c1ccc(F)cc1. The van der Waals surface area contributed by atoms with E-state index in [1.165, 1.54) is 24.3 Å². The number of benzene rings is 3. The maximum Gasteiger partial charge on any atom is 0.251 e. The van der Waals surface area contributed by atoms with Crippen molar-refractivity contribution in [2.75, 3.05) is 13.1 Å². The first-order valence-electron chi connectivity index (χ1n) is 8.61. The summed E-state index contributed by atoms with van der Waals surface area (Å²) < 4.78 is 12.8. The lowest BCUT2D eigenvalue weighted by Gasteiger charge is -2.08. The Bertz CT molecular complexity index is 907. The summed E-state index contributed by atoms with van der Waals surface area (Å²) in [4.78, 5) is 24.1. The summed E-state index contributed by atoms with van der Waals surface area (Å²) in [5, 5.41) is 5.44. The van der Waals surface area contributed by atoms with Crippen LogP contribution in [0, 0.1) is 5.82 Å². The standard InChI is InChI=1S/C22H19FN2O2/c23-20-12-10-19(11-13-20)22(27)25-15-14-24-21(26)18-8-6-17(7-9-18)16-4-2-1-3-5-16/h1-13H,14-15H2,(H,24,26)(H,25,27). The molecule has 2 amide bonds. The lowest BCUT2D eigenvalue weighted by molar-refractivity contribution is 0.0927. The number of hydrogen-bond acceptors (Lipinski definition) is 2. The molecular formula is C22H19FN2O2. The van der Waals surface area contributed by atoms with Crippen LogP contribution >= 0.6 is 0 Å². The van der Waals surface area contributed by atoms with Crippen LogP contribution in [0.4, 0.5) is 4.39 Å². The largest absolute Gasteiger partial charge is 0.350 e. The van der Waals surface area contributed by atoms with Crippen LogP contribution in [0.1, 0.15) is 20.7 Å². The van der Waals surface area contributed by atoms with Gasteiger partial charge in [-0.2, -0.15) is 0 Å². The van der Waals surface area contributed by atoms with Crippen molar-refractivity contribution in [1.82, 2.24) is 10.6 Å². The molecule has 5 heteroatoms. The molecule has 0 saturated carbocycles. The van der Waals surface area contributed by atoms with Crippen molar-refractivity contribution in [1.29, 1.82) is 0 Å². The van der Waals surface area contributed by atoms with E-state index in [0.29, 0.717) is 17.7 Å². The van der Waals surface area contributed by atoms with Gasteiger partial charge in [0.05, 0.1) is 0 Å². The second-order valence-electron chi connectivity index (χ2n) is 5.96. The first kappa shape index (κ1) is 18.3. The second-order valence-corrected chi connectivity index (χ2v) is 5.96. The number of nitrogens with one attached hydrogen (secondary N) is 2. The van der Waals surface area contributed by atoms with Crippen LogP contribution in [0.15, 0.2) is 78.9 Å². The molecule has 0 aliphatic carbocycles. The van der Waals surface area contributed by atoms with Gasteiger partial charge in [-0.3, -0.25) is 9.59 Å². The minimum Gasteiger partial charge on any atom is -0.350 e. The number of carbonyl (C=O) groups is 2. The fourth-order valence-electron chi connectivity index (χ4n) is 2.60. The molecule has 0 fully saturated rings. The Hall–Kier alpha value is -3.47. The highest BCUT2D eigenvalue weighted by molar-refractivity contribution is 5.95. The fourth-order valence-corrected chi connectivity index (χ4v) is 2.60. The minimum atomic E-state index is -0.392. The molecule has 3 aromatic rings. The summed E-state index contributed by atoms with van der Waals surface area (Å²) in [6.45, 7) is 0.580. The average molecular weight is 362 g/mol. The van der Waals surface area contributed by atoms with E-state index < -0.39 is 5.82 Å². The number of halogens is 1. The summed E-state index contributed by atoms with van der Waals surface area (Å²) in [6.07, 6.45) is 0. The van der Waals surface area contributed by atoms with Gasteiger partial charge in [0.15, 0.2) is 0 Å². The molecule has 0 atom stereocenters. The molecule has 0 aromatic heterocycles. The summed E-state index contributed by atoms with van der Waals surface area (Å²) in [5.74, 6) is -0.904. The van der Waals surface area contributed by atoms with E-state index in [1.54, 1.807) is 12.1 Å². The normalized spacial score (nSPS) is 10.3. The molecule has 0 aliphatic heterocycles. The second kappa shape index (κ2) is 8.76. The Kier molecular flexibility index (Phi) is 5.94. The zero-order valence-corrected chi connectivity index (χ0v) is 14.6. The number of hydrogen-bond donors (Lipinski definition) is 2. The van der Waals surface area contributed by atoms with Crippen LogP contribution in [0.2, 0.25) is 0 Å². The molecule has 3 rings (SSSR count). The molecule has 0 radical (unpaired) electrons. The summed E-state index contributed by atoms with van der Waals surface area (Å²) in [6, 6.07) is 22.6. The van der Waals surface area contributed by atoms with E-state index in [0.717, 1.165) is 11.1 Å². The van der Waals surface area contributed by atoms with Crippen LogP contribution in [0.25, 0.3) is 11.1 Å². The number of carbonyl (C=O) groups excluding carboxylic acids is 2. The van der Waals surface area contributed by atoms with E-state index >= 15 is 0 Å². The molecule has 0 unspecified atom stereocenters. The Balaban J connectivity index is 1.46. The minimum absolute atomic E-state index is 0.203. The zero-order valence-electron chi connectivity index (χ0n) is 14.6. The van der Waals surface area contributed by atoms with Crippen molar-refractivity contribution in [3.63, 3.8) is 0 Å². The van der Waals surface area contributed by atoms with Crippen LogP contribution < -0.4 is 10.6 Å². The van der Waals surface area contributed by atoms with Gasteiger partial charge in [-0.15, -0.1) is 0 Å². The Morgan fingerprint density at radius 3 is 1.59 bits per heavy atom. The maximum atomic E-state index is 12.8. The first-order valence-corrected chi connectivity index (χ1v) is 8.61. The van der Waals surface area contributed by atoms with E-state index in [2.05, 4.69) is 10.6 Å². The fraction of sp³-hybridized carbons (Fsp3) is 0.0909. The Labute approximate surface area is 157 Å². The van der Waals surface area contributed by atoms with Gasteiger partial charge in [0.1, 0.15) is 5.82 Å². The predicted octanol–water partition coefficient (Wildman–Crippen LogP) is 3.65. The summed E-state index contributed by atoms with van der Waals surface area (Å²) in [5.41, 5.74) is 3.06. The molecule has 0 saturated heterocycles. The van der Waals surface area contributed by atoms with E-state index in [1.807, 2.05) is 42.5 Å². The van der Waals surface area contributed by atoms with E-state index in [9.17, 15) is 14.0 Å². The molecule has 0 aliphatic rings. The van der Waals surface area contributed by atoms with Crippen LogP contribution in [0.5, 0.6) is 0 Å². The third-order valence-electron chi connectivity index (χ3n) is 4.06. The van der Waals surface area contributed by atoms with Gasteiger partial charge in [-0.05, 0) is 47.5 Å². The van der Waals surface area contributed by atoms with E-state index in [4.69, 9.17) is 0 Å². The molecule has 136 valence electrons. The molecule has 0 bridgehead atoms. The lowest BCUT2D eigenvalue weighted by atomic mass is 10.0.